The SMILES string of the molecule is CC=C1CC=CC=C1c1ccccc1. The molecule has 0 spiro atoms. The summed E-state index contributed by atoms with van der Waals surface area (Å²) in [5.74, 6) is 0. The van der Waals surface area contributed by atoms with Crippen molar-refractivity contribution >= 4 is 5.57 Å². The molecule has 0 fully saturated rings. The molecule has 0 saturated carbocycles. The van der Waals surface area contributed by atoms with Gasteiger partial charge in [0.25, 0.3) is 0 Å². The highest BCUT2D eigenvalue weighted by Crippen LogP contribution is 2.28. The van der Waals surface area contributed by atoms with Crippen LogP contribution in [0.2, 0.25) is 0 Å². The Balaban J connectivity index is 2.43. The maximum atomic E-state index is 2.20. The van der Waals surface area contributed by atoms with Crippen molar-refractivity contribution in [3.8, 4) is 0 Å². The topological polar surface area (TPSA) is 0 Å². The van der Waals surface area contributed by atoms with Crippen molar-refractivity contribution in [1.82, 2.24) is 0 Å². The predicted molar refractivity (Wildman–Crippen MR) is 61.9 cm³/mol. The molecule has 1 aromatic carbocycles. The summed E-state index contributed by atoms with van der Waals surface area (Å²) in [7, 11) is 0. The van der Waals surface area contributed by atoms with Gasteiger partial charge in [-0.25, -0.2) is 0 Å². The standard InChI is InChI=1S/C14H14/c1-2-12-8-6-7-11-14(12)13-9-4-3-5-10-13/h2-7,9-11H,8H2,1H3. The minimum atomic E-state index is 1.05. The second kappa shape index (κ2) is 4.10. The Morgan fingerprint density at radius 1 is 1.14 bits per heavy atom. The molecule has 0 nitrogen and oxygen atoms in total. The molecule has 1 aliphatic rings. The van der Waals surface area contributed by atoms with E-state index in [0.29, 0.717) is 0 Å². The minimum Gasteiger partial charge on any atom is -0.0835 e. The van der Waals surface area contributed by atoms with Crippen LogP contribution in [0.4, 0.5) is 0 Å². The average molecular weight is 182 g/mol. The molecule has 14 heavy (non-hydrogen) atoms. The first-order valence-corrected chi connectivity index (χ1v) is 4.99. The van der Waals surface area contributed by atoms with E-state index in [1.54, 1.807) is 0 Å². The first kappa shape index (κ1) is 9.01. The Morgan fingerprint density at radius 2 is 1.93 bits per heavy atom. The Bertz CT molecular complexity index is 391. The van der Waals surface area contributed by atoms with Gasteiger partial charge in [0, 0.05) is 0 Å². The molecule has 2 rings (SSSR count). The fourth-order valence-electron chi connectivity index (χ4n) is 1.75. The van der Waals surface area contributed by atoms with Crippen LogP contribution in [0.25, 0.3) is 5.57 Å². The van der Waals surface area contributed by atoms with E-state index >= 15 is 0 Å². The highest BCUT2D eigenvalue weighted by Gasteiger charge is 2.07. The molecule has 0 radical (unpaired) electrons. The monoisotopic (exact) mass is 182 g/mol. The normalized spacial score (nSPS) is 18.4. The lowest BCUT2D eigenvalue weighted by Gasteiger charge is -2.13. The summed E-state index contributed by atoms with van der Waals surface area (Å²) in [5, 5.41) is 0. The maximum Gasteiger partial charge on any atom is -0.00914 e. The summed E-state index contributed by atoms with van der Waals surface area (Å²) >= 11 is 0. The Morgan fingerprint density at radius 3 is 2.64 bits per heavy atom. The van der Waals surface area contributed by atoms with Gasteiger partial charge in [-0.2, -0.15) is 0 Å². The molecule has 0 heterocycles. The Hall–Kier alpha value is -1.56. The zero-order valence-electron chi connectivity index (χ0n) is 8.40. The summed E-state index contributed by atoms with van der Waals surface area (Å²) in [4.78, 5) is 0. The molecule has 0 aromatic heterocycles. The van der Waals surface area contributed by atoms with E-state index in [-0.39, 0.29) is 0 Å². The fourth-order valence-corrected chi connectivity index (χ4v) is 1.75. The van der Waals surface area contributed by atoms with E-state index in [1.165, 1.54) is 16.7 Å². The smallest absolute Gasteiger partial charge is 0.00914 e. The maximum absolute atomic E-state index is 2.20. The highest BCUT2D eigenvalue weighted by atomic mass is 14.1. The van der Waals surface area contributed by atoms with E-state index < -0.39 is 0 Å². The lowest BCUT2D eigenvalue weighted by molar-refractivity contribution is 1.26. The first-order chi connectivity index (χ1) is 6.92. The van der Waals surface area contributed by atoms with Crippen LogP contribution >= 0.6 is 0 Å². The molecule has 0 N–H and O–H groups in total. The van der Waals surface area contributed by atoms with E-state index in [1.807, 2.05) is 0 Å². The van der Waals surface area contributed by atoms with E-state index in [4.69, 9.17) is 0 Å². The molecule has 1 aromatic rings. The average Bonchev–Trinajstić information content (AvgIpc) is 2.30. The van der Waals surface area contributed by atoms with Gasteiger partial charge in [-0.1, -0.05) is 54.6 Å². The van der Waals surface area contributed by atoms with Crippen LogP contribution in [0.15, 0.2) is 60.2 Å². The molecule has 0 saturated heterocycles. The molecule has 70 valence electrons. The fraction of sp³-hybridized carbons (Fsp3) is 0.143. The summed E-state index contributed by atoms with van der Waals surface area (Å²) in [6, 6.07) is 10.5. The zero-order valence-corrected chi connectivity index (χ0v) is 8.40. The molecular weight excluding hydrogens is 168 g/mol. The van der Waals surface area contributed by atoms with Gasteiger partial charge in [0.1, 0.15) is 0 Å². The van der Waals surface area contributed by atoms with Gasteiger partial charge in [-0.15, -0.1) is 0 Å². The molecule has 0 bridgehead atoms. The number of benzene rings is 1. The van der Waals surface area contributed by atoms with Crippen LogP contribution in [0, 0.1) is 0 Å². The van der Waals surface area contributed by atoms with Crippen LogP contribution in [0.1, 0.15) is 18.9 Å². The number of hydrogen-bond acceptors (Lipinski definition) is 0. The summed E-state index contributed by atoms with van der Waals surface area (Å²) in [5.41, 5.74) is 4.08. The van der Waals surface area contributed by atoms with Gasteiger partial charge in [0.2, 0.25) is 0 Å². The van der Waals surface area contributed by atoms with Crippen LogP contribution in [-0.4, -0.2) is 0 Å². The molecule has 1 aliphatic carbocycles. The number of rotatable bonds is 1. The van der Waals surface area contributed by atoms with Gasteiger partial charge in [-0.3, -0.25) is 0 Å². The molecule has 0 aliphatic heterocycles. The molecule has 0 atom stereocenters. The van der Waals surface area contributed by atoms with Crippen LogP contribution in [0.3, 0.4) is 0 Å². The van der Waals surface area contributed by atoms with Gasteiger partial charge in [0.15, 0.2) is 0 Å². The number of allylic oxidation sites excluding steroid dienone is 6. The largest absolute Gasteiger partial charge is 0.0835 e. The lowest BCUT2D eigenvalue weighted by Crippen LogP contribution is -1.92. The molecule has 0 unspecified atom stereocenters. The second-order valence-electron chi connectivity index (χ2n) is 3.39. The van der Waals surface area contributed by atoms with Crippen molar-refractivity contribution in [3.63, 3.8) is 0 Å². The summed E-state index contributed by atoms with van der Waals surface area (Å²) in [6.07, 6.45) is 9.77. The summed E-state index contributed by atoms with van der Waals surface area (Å²) in [6.45, 7) is 2.10. The first-order valence-electron chi connectivity index (χ1n) is 4.99. The van der Waals surface area contributed by atoms with Crippen molar-refractivity contribution in [2.75, 3.05) is 0 Å². The Kier molecular flexibility index (Phi) is 2.64. The minimum absolute atomic E-state index is 1.05. The van der Waals surface area contributed by atoms with Gasteiger partial charge in [-0.05, 0) is 30.1 Å². The highest BCUT2D eigenvalue weighted by molar-refractivity contribution is 5.81. The number of hydrogen-bond donors (Lipinski definition) is 0. The predicted octanol–water partition coefficient (Wildman–Crippen LogP) is 3.98. The Labute approximate surface area is 85.3 Å². The molecule has 0 amide bonds. The zero-order chi connectivity index (χ0) is 9.80. The molecular formula is C14H14. The second-order valence-corrected chi connectivity index (χ2v) is 3.39. The van der Waals surface area contributed by atoms with E-state index in [2.05, 4.69) is 61.6 Å². The quantitative estimate of drug-likeness (QED) is 0.616. The van der Waals surface area contributed by atoms with Crippen molar-refractivity contribution < 1.29 is 0 Å². The van der Waals surface area contributed by atoms with Crippen molar-refractivity contribution in [2.24, 2.45) is 0 Å². The lowest BCUT2D eigenvalue weighted by atomic mass is 9.92. The third-order valence-corrected chi connectivity index (χ3v) is 2.52. The van der Waals surface area contributed by atoms with Gasteiger partial charge in [0.05, 0.1) is 0 Å². The third kappa shape index (κ3) is 1.69. The van der Waals surface area contributed by atoms with Gasteiger partial charge < -0.3 is 0 Å². The van der Waals surface area contributed by atoms with E-state index in [0.717, 1.165) is 6.42 Å². The van der Waals surface area contributed by atoms with Gasteiger partial charge >= 0.3 is 0 Å². The third-order valence-electron chi connectivity index (χ3n) is 2.52. The summed E-state index contributed by atoms with van der Waals surface area (Å²) < 4.78 is 0. The van der Waals surface area contributed by atoms with Crippen LogP contribution in [0.5, 0.6) is 0 Å². The van der Waals surface area contributed by atoms with Crippen molar-refractivity contribution in [2.45, 2.75) is 13.3 Å². The van der Waals surface area contributed by atoms with Crippen LogP contribution < -0.4 is 0 Å². The van der Waals surface area contributed by atoms with Crippen LogP contribution in [-0.2, 0) is 0 Å². The van der Waals surface area contributed by atoms with Crippen molar-refractivity contribution in [1.29, 1.82) is 0 Å². The van der Waals surface area contributed by atoms with Crippen molar-refractivity contribution in [3.05, 3.63) is 65.8 Å². The van der Waals surface area contributed by atoms with E-state index in [9.17, 15) is 0 Å². The molecule has 0 heteroatoms.